The number of allylic oxidation sites excluding steroid dienone is 1. The molecule has 0 saturated heterocycles. The van der Waals surface area contributed by atoms with E-state index in [9.17, 15) is 27.2 Å². The SMILES string of the molecule is O=C(CNC(=O)c1ccc(C=CC(F)c2cc(Cl)c(Cl)c(Cl)c2)cc1Br)NCC(F)(F)F. The van der Waals surface area contributed by atoms with Crippen LogP contribution in [0.15, 0.2) is 40.9 Å². The van der Waals surface area contributed by atoms with E-state index in [1.807, 2.05) is 0 Å². The van der Waals surface area contributed by atoms with Crippen molar-refractivity contribution in [3.8, 4) is 0 Å². The molecule has 12 heteroatoms. The largest absolute Gasteiger partial charge is 0.405 e. The van der Waals surface area contributed by atoms with Gasteiger partial charge in [0.25, 0.3) is 5.91 Å². The van der Waals surface area contributed by atoms with Crippen LogP contribution in [0.5, 0.6) is 0 Å². The Morgan fingerprint density at radius 2 is 1.69 bits per heavy atom. The van der Waals surface area contributed by atoms with E-state index in [-0.39, 0.29) is 26.2 Å². The zero-order chi connectivity index (χ0) is 24.1. The number of hydrogen-bond donors (Lipinski definition) is 2. The Morgan fingerprint density at radius 3 is 2.25 bits per heavy atom. The zero-order valence-electron chi connectivity index (χ0n) is 15.9. The van der Waals surface area contributed by atoms with Crippen LogP contribution in [0.25, 0.3) is 6.08 Å². The fourth-order valence-electron chi connectivity index (χ4n) is 2.38. The average Bonchev–Trinajstić information content (AvgIpc) is 2.71. The van der Waals surface area contributed by atoms with Crippen LogP contribution in [0.3, 0.4) is 0 Å². The van der Waals surface area contributed by atoms with Crippen molar-refractivity contribution < 1.29 is 27.2 Å². The van der Waals surface area contributed by atoms with Crippen LogP contribution < -0.4 is 10.6 Å². The average molecular weight is 577 g/mol. The van der Waals surface area contributed by atoms with Gasteiger partial charge < -0.3 is 10.6 Å². The summed E-state index contributed by atoms with van der Waals surface area (Å²) >= 11 is 20.9. The second kappa shape index (κ2) is 11.4. The highest BCUT2D eigenvalue weighted by molar-refractivity contribution is 9.10. The minimum atomic E-state index is -4.54. The number of nitrogens with one attached hydrogen (secondary N) is 2. The molecule has 0 aliphatic rings. The predicted molar refractivity (Wildman–Crippen MR) is 120 cm³/mol. The summed E-state index contributed by atoms with van der Waals surface area (Å²) in [6.07, 6.45) is -3.35. The smallest absolute Gasteiger partial charge is 0.345 e. The van der Waals surface area contributed by atoms with Gasteiger partial charge in [-0.15, -0.1) is 0 Å². The summed E-state index contributed by atoms with van der Waals surface area (Å²) in [5, 5.41) is 4.24. The monoisotopic (exact) mass is 574 g/mol. The number of alkyl halides is 4. The number of benzene rings is 2. The first-order valence-electron chi connectivity index (χ1n) is 8.75. The molecule has 0 aromatic heterocycles. The Hall–Kier alpha value is -1.81. The van der Waals surface area contributed by atoms with Crippen LogP contribution in [0.2, 0.25) is 15.1 Å². The molecule has 0 fully saturated rings. The van der Waals surface area contributed by atoms with Gasteiger partial charge in [0, 0.05) is 4.47 Å². The molecule has 2 amide bonds. The second-order valence-corrected chi connectivity index (χ2v) is 8.42. The standard InChI is InChI=1S/C20H14BrCl3F4N2O2/c21-13-5-10(2-4-16(25)11-6-14(22)18(24)15(23)7-11)1-3-12(13)19(32)29-8-17(31)30-9-20(26,27)28/h1-7,16H,8-9H2,(H,29,32)(H,30,31). The van der Waals surface area contributed by atoms with Gasteiger partial charge in [-0.25, -0.2) is 4.39 Å². The van der Waals surface area contributed by atoms with Gasteiger partial charge in [0.15, 0.2) is 0 Å². The lowest BCUT2D eigenvalue weighted by molar-refractivity contribution is -0.137. The molecule has 1 atom stereocenters. The van der Waals surface area contributed by atoms with Crippen molar-refractivity contribution in [3.05, 3.63) is 72.6 Å². The fraction of sp³-hybridized carbons (Fsp3) is 0.200. The topological polar surface area (TPSA) is 58.2 Å². The van der Waals surface area contributed by atoms with Gasteiger partial charge in [0.1, 0.15) is 12.7 Å². The van der Waals surface area contributed by atoms with E-state index in [1.54, 1.807) is 5.32 Å². The lowest BCUT2D eigenvalue weighted by Gasteiger charge is -2.10. The van der Waals surface area contributed by atoms with Crippen LogP contribution in [-0.4, -0.2) is 31.1 Å². The molecule has 2 aromatic carbocycles. The Balaban J connectivity index is 2.00. The van der Waals surface area contributed by atoms with Gasteiger partial charge in [-0.3, -0.25) is 9.59 Å². The van der Waals surface area contributed by atoms with E-state index in [2.05, 4.69) is 21.2 Å². The predicted octanol–water partition coefficient (Wildman–Crippen LogP) is 6.54. The summed E-state index contributed by atoms with van der Waals surface area (Å²) in [6.45, 7) is -2.12. The maximum absolute atomic E-state index is 14.5. The van der Waals surface area contributed by atoms with Crippen LogP contribution in [0.1, 0.15) is 27.7 Å². The molecule has 0 spiro atoms. The van der Waals surface area contributed by atoms with Gasteiger partial charge in [-0.2, -0.15) is 13.2 Å². The maximum Gasteiger partial charge on any atom is 0.405 e. The minimum Gasteiger partial charge on any atom is -0.345 e. The second-order valence-electron chi connectivity index (χ2n) is 6.37. The zero-order valence-corrected chi connectivity index (χ0v) is 19.7. The van der Waals surface area contributed by atoms with Crippen molar-refractivity contribution in [2.24, 2.45) is 0 Å². The highest BCUT2D eigenvalue weighted by Crippen LogP contribution is 2.34. The number of hydrogen-bond acceptors (Lipinski definition) is 2. The quantitative estimate of drug-likeness (QED) is 0.291. The van der Waals surface area contributed by atoms with Gasteiger partial charge in [0.05, 0.1) is 27.2 Å². The Bertz CT molecular complexity index is 1020. The molecule has 0 heterocycles. The summed E-state index contributed by atoms with van der Waals surface area (Å²) in [5.74, 6) is -1.66. The molecule has 172 valence electrons. The van der Waals surface area contributed by atoms with E-state index in [0.29, 0.717) is 10.0 Å². The number of carbonyl (C=O) groups excluding carboxylic acids is 2. The van der Waals surface area contributed by atoms with Gasteiger partial charge in [-0.05, 0) is 57.4 Å². The first-order valence-corrected chi connectivity index (χ1v) is 10.7. The Labute approximate surface area is 204 Å². The third kappa shape index (κ3) is 7.95. The van der Waals surface area contributed by atoms with Crippen molar-refractivity contribution in [1.82, 2.24) is 10.6 Å². The molecular weight excluding hydrogens is 562 g/mol. The number of carbonyl (C=O) groups is 2. The lowest BCUT2D eigenvalue weighted by Crippen LogP contribution is -2.40. The molecule has 0 radical (unpaired) electrons. The van der Waals surface area contributed by atoms with Crippen LogP contribution in [0.4, 0.5) is 17.6 Å². The molecule has 1 unspecified atom stereocenters. The minimum absolute atomic E-state index is 0.121. The van der Waals surface area contributed by atoms with Gasteiger partial charge >= 0.3 is 6.18 Å². The van der Waals surface area contributed by atoms with Crippen LogP contribution >= 0.6 is 50.7 Å². The van der Waals surface area contributed by atoms with E-state index in [1.165, 1.54) is 42.5 Å². The van der Waals surface area contributed by atoms with E-state index >= 15 is 0 Å². The molecule has 2 N–H and O–H groups in total. The molecule has 2 rings (SSSR count). The molecule has 2 aromatic rings. The molecule has 0 aliphatic heterocycles. The van der Waals surface area contributed by atoms with E-state index in [4.69, 9.17) is 34.8 Å². The third-order valence-corrected chi connectivity index (χ3v) is 5.77. The Morgan fingerprint density at radius 1 is 1.06 bits per heavy atom. The summed E-state index contributed by atoms with van der Waals surface area (Å²) in [5.41, 5.74) is 0.892. The summed E-state index contributed by atoms with van der Waals surface area (Å²) in [4.78, 5) is 23.6. The van der Waals surface area contributed by atoms with E-state index < -0.39 is 37.3 Å². The number of rotatable bonds is 7. The van der Waals surface area contributed by atoms with Crippen molar-refractivity contribution in [1.29, 1.82) is 0 Å². The highest BCUT2D eigenvalue weighted by atomic mass is 79.9. The lowest BCUT2D eigenvalue weighted by atomic mass is 10.1. The summed E-state index contributed by atoms with van der Waals surface area (Å²) in [7, 11) is 0. The van der Waals surface area contributed by atoms with E-state index in [0.717, 1.165) is 0 Å². The number of amides is 2. The summed E-state index contributed by atoms with van der Waals surface area (Å²) in [6, 6.07) is 7.19. The van der Waals surface area contributed by atoms with Crippen molar-refractivity contribution in [2.45, 2.75) is 12.3 Å². The van der Waals surface area contributed by atoms with Crippen LogP contribution in [-0.2, 0) is 4.79 Å². The maximum atomic E-state index is 14.5. The number of halogens is 8. The van der Waals surface area contributed by atoms with Crippen molar-refractivity contribution in [2.75, 3.05) is 13.1 Å². The third-order valence-electron chi connectivity index (χ3n) is 3.92. The van der Waals surface area contributed by atoms with Gasteiger partial charge in [-0.1, -0.05) is 46.9 Å². The van der Waals surface area contributed by atoms with Crippen LogP contribution in [0, 0.1) is 0 Å². The summed E-state index contributed by atoms with van der Waals surface area (Å²) < 4.78 is 51.1. The molecule has 32 heavy (non-hydrogen) atoms. The molecule has 4 nitrogen and oxygen atoms in total. The Kier molecular flexibility index (Phi) is 9.39. The van der Waals surface area contributed by atoms with Crippen molar-refractivity contribution >= 4 is 68.6 Å². The molecular formula is C20H14BrCl3F4N2O2. The fourth-order valence-corrected chi connectivity index (χ4v) is 3.57. The normalized spacial score (nSPS) is 12.6. The molecule has 0 saturated carbocycles. The first kappa shape index (κ1) is 26.4. The van der Waals surface area contributed by atoms with Crippen molar-refractivity contribution in [3.63, 3.8) is 0 Å². The highest BCUT2D eigenvalue weighted by Gasteiger charge is 2.27. The van der Waals surface area contributed by atoms with Gasteiger partial charge in [0.2, 0.25) is 5.91 Å². The molecule has 0 bridgehead atoms. The first-order chi connectivity index (χ1) is 14.9. The molecule has 0 aliphatic carbocycles.